The van der Waals surface area contributed by atoms with Gasteiger partial charge in [0.2, 0.25) is 5.88 Å². The minimum Gasteiger partial charge on any atom is -0.437 e. The first-order valence-electron chi connectivity index (χ1n) is 11.9. The van der Waals surface area contributed by atoms with E-state index in [1.807, 2.05) is 67.2 Å². The molecule has 0 unspecified atom stereocenters. The highest BCUT2D eigenvalue weighted by molar-refractivity contribution is 7.99. The van der Waals surface area contributed by atoms with E-state index in [-0.39, 0.29) is 6.03 Å². The lowest BCUT2D eigenvalue weighted by Gasteiger charge is -2.21. The van der Waals surface area contributed by atoms with Gasteiger partial charge in [-0.05, 0) is 79.2 Å². The number of aryl methyl sites for hydroxylation is 1. The number of urea groups is 1. The highest BCUT2D eigenvalue weighted by Crippen LogP contribution is 2.34. The van der Waals surface area contributed by atoms with E-state index in [9.17, 15) is 4.79 Å². The Hall–Kier alpha value is -3.42. The second-order valence-electron chi connectivity index (χ2n) is 8.67. The number of carbonyl (C=O) groups is 1. The molecule has 2 N–H and O–H groups in total. The predicted octanol–water partition coefficient (Wildman–Crippen LogP) is 7.88. The number of para-hydroxylation sites is 3. The fraction of sp³-hybridized carbons (Fsp3) is 0.214. The van der Waals surface area contributed by atoms with E-state index in [0.29, 0.717) is 33.9 Å². The van der Waals surface area contributed by atoms with Gasteiger partial charge in [-0.25, -0.2) is 4.79 Å². The molecule has 1 saturated heterocycles. The molecule has 1 fully saturated rings. The Morgan fingerprint density at radius 2 is 1.72 bits per heavy atom. The monoisotopic (exact) mass is 518 g/mol. The number of hydrogen-bond donors (Lipinski definition) is 2. The van der Waals surface area contributed by atoms with Crippen LogP contribution in [0.5, 0.6) is 11.6 Å². The zero-order valence-corrected chi connectivity index (χ0v) is 21.5. The molecule has 0 bridgehead atoms. The molecule has 5 rings (SSSR count). The van der Waals surface area contributed by atoms with E-state index >= 15 is 0 Å². The van der Waals surface area contributed by atoms with Crippen molar-refractivity contribution < 1.29 is 9.53 Å². The van der Waals surface area contributed by atoms with Crippen LogP contribution in [0.3, 0.4) is 0 Å². The lowest BCUT2D eigenvalue weighted by Crippen LogP contribution is -2.19. The number of halogens is 1. The molecule has 36 heavy (non-hydrogen) atoms. The van der Waals surface area contributed by atoms with Crippen molar-refractivity contribution in [3.05, 3.63) is 95.1 Å². The van der Waals surface area contributed by atoms with Gasteiger partial charge >= 0.3 is 6.03 Å². The van der Waals surface area contributed by atoms with Crippen molar-refractivity contribution in [1.82, 2.24) is 9.78 Å². The van der Waals surface area contributed by atoms with Crippen molar-refractivity contribution in [3.63, 3.8) is 0 Å². The Bertz CT molecular complexity index is 1350. The maximum atomic E-state index is 12.8. The van der Waals surface area contributed by atoms with Crippen molar-refractivity contribution in [2.24, 2.45) is 0 Å². The summed E-state index contributed by atoms with van der Waals surface area (Å²) in [6.07, 6.45) is 2.42. The summed E-state index contributed by atoms with van der Waals surface area (Å²) in [5.74, 6) is 4.03. The molecule has 184 valence electrons. The molecule has 8 heteroatoms. The van der Waals surface area contributed by atoms with Crippen LogP contribution in [0.25, 0.3) is 5.69 Å². The molecule has 0 radical (unpaired) electrons. The Morgan fingerprint density at radius 3 is 2.50 bits per heavy atom. The predicted molar refractivity (Wildman–Crippen MR) is 148 cm³/mol. The summed E-state index contributed by atoms with van der Waals surface area (Å²) in [5.41, 5.74) is 4.11. The SMILES string of the molecule is Cc1cc(Oc2ccccc2NC(=O)Nc2ccc(C3CCSCC3)cc2)n(-c2ccccc2Cl)n1. The van der Waals surface area contributed by atoms with Crippen LogP contribution in [0.15, 0.2) is 78.9 Å². The van der Waals surface area contributed by atoms with Crippen LogP contribution < -0.4 is 15.4 Å². The van der Waals surface area contributed by atoms with Crippen LogP contribution >= 0.6 is 23.4 Å². The van der Waals surface area contributed by atoms with Gasteiger partial charge < -0.3 is 15.4 Å². The molecule has 2 amide bonds. The van der Waals surface area contributed by atoms with E-state index in [0.717, 1.165) is 11.4 Å². The number of nitrogens with zero attached hydrogens (tertiary/aromatic N) is 2. The Morgan fingerprint density at radius 1 is 1.00 bits per heavy atom. The fourth-order valence-corrected chi connectivity index (χ4v) is 5.59. The van der Waals surface area contributed by atoms with E-state index < -0.39 is 0 Å². The van der Waals surface area contributed by atoms with E-state index in [1.165, 1.54) is 29.9 Å². The molecule has 3 aromatic carbocycles. The molecule has 1 aromatic heterocycles. The van der Waals surface area contributed by atoms with Crippen LogP contribution in [-0.4, -0.2) is 27.3 Å². The zero-order chi connectivity index (χ0) is 24.9. The Kier molecular flexibility index (Phi) is 7.49. The zero-order valence-electron chi connectivity index (χ0n) is 19.9. The van der Waals surface area contributed by atoms with Gasteiger partial charge in [-0.1, -0.05) is 48.0 Å². The van der Waals surface area contributed by atoms with Crippen molar-refractivity contribution in [1.29, 1.82) is 0 Å². The molecule has 2 heterocycles. The lowest BCUT2D eigenvalue weighted by atomic mass is 9.93. The summed E-state index contributed by atoms with van der Waals surface area (Å²) in [7, 11) is 0. The molecule has 0 spiro atoms. The molecule has 4 aromatic rings. The van der Waals surface area contributed by atoms with Crippen LogP contribution in [-0.2, 0) is 0 Å². The second kappa shape index (κ2) is 11.1. The van der Waals surface area contributed by atoms with Gasteiger partial charge in [0, 0.05) is 11.8 Å². The van der Waals surface area contributed by atoms with Crippen molar-refractivity contribution in [2.75, 3.05) is 22.1 Å². The normalized spacial score (nSPS) is 13.8. The highest BCUT2D eigenvalue weighted by Gasteiger charge is 2.17. The smallest absolute Gasteiger partial charge is 0.323 e. The second-order valence-corrected chi connectivity index (χ2v) is 10.3. The molecule has 1 aliphatic heterocycles. The minimum absolute atomic E-state index is 0.344. The minimum atomic E-state index is -0.344. The van der Waals surface area contributed by atoms with Crippen LogP contribution in [0.1, 0.15) is 30.0 Å². The molecular formula is C28H27ClN4O2S. The number of rotatable bonds is 6. The van der Waals surface area contributed by atoms with E-state index in [4.69, 9.17) is 16.3 Å². The summed E-state index contributed by atoms with van der Waals surface area (Å²) in [4.78, 5) is 12.8. The van der Waals surface area contributed by atoms with E-state index in [2.05, 4.69) is 27.9 Å². The van der Waals surface area contributed by atoms with Crippen molar-refractivity contribution in [2.45, 2.75) is 25.7 Å². The molecule has 0 aliphatic carbocycles. The van der Waals surface area contributed by atoms with Crippen molar-refractivity contribution >= 4 is 40.8 Å². The average molecular weight is 519 g/mol. The van der Waals surface area contributed by atoms with Crippen LogP contribution in [0.2, 0.25) is 5.02 Å². The largest absolute Gasteiger partial charge is 0.437 e. The maximum absolute atomic E-state index is 12.8. The summed E-state index contributed by atoms with van der Waals surface area (Å²) in [6.45, 7) is 1.89. The van der Waals surface area contributed by atoms with Gasteiger partial charge in [0.05, 0.1) is 22.1 Å². The van der Waals surface area contributed by atoms with Crippen LogP contribution in [0, 0.1) is 6.92 Å². The number of thioether (sulfide) groups is 1. The number of ether oxygens (including phenoxy) is 1. The molecule has 6 nitrogen and oxygen atoms in total. The quantitative estimate of drug-likeness (QED) is 0.272. The highest BCUT2D eigenvalue weighted by atomic mass is 35.5. The van der Waals surface area contributed by atoms with Crippen LogP contribution in [0.4, 0.5) is 16.2 Å². The fourth-order valence-electron chi connectivity index (χ4n) is 4.27. The number of hydrogen-bond acceptors (Lipinski definition) is 4. The first-order chi connectivity index (χ1) is 17.6. The maximum Gasteiger partial charge on any atom is 0.323 e. The van der Waals surface area contributed by atoms with Gasteiger partial charge in [-0.15, -0.1) is 0 Å². The van der Waals surface area contributed by atoms with Gasteiger partial charge in [0.1, 0.15) is 0 Å². The number of anilines is 2. The molecule has 1 aliphatic rings. The molecule has 0 saturated carbocycles. The number of amides is 2. The third-order valence-electron chi connectivity index (χ3n) is 6.09. The number of aromatic nitrogens is 2. The first kappa shape index (κ1) is 24.3. The summed E-state index contributed by atoms with van der Waals surface area (Å²) in [5, 5.41) is 10.9. The number of benzene rings is 3. The lowest BCUT2D eigenvalue weighted by molar-refractivity contribution is 0.262. The van der Waals surface area contributed by atoms with Crippen molar-refractivity contribution in [3.8, 4) is 17.3 Å². The Labute approximate surface area is 220 Å². The third-order valence-corrected chi connectivity index (χ3v) is 7.46. The van der Waals surface area contributed by atoms with Gasteiger partial charge in [0.25, 0.3) is 0 Å². The third kappa shape index (κ3) is 5.69. The molecular weight excluding hydrogens is 492 g/mol. The van der Waals surface area contributed by atoms with E-state index in [1.54, 1.807) is 22.9 Å². The van der Waals surface area contributed by atoms with Gasteiger partial charge in [-0.2, -0.15) is 21.5 Å². The molecule has 0 atom stereocenters. The summed E-state index contributed by atoms with van der Waals surface area (Å²) >= 11 is 8.41. The Balaban J connectivity index is 1.29. The summed E-state index contributed by atoms with van der Waals surface area (Å²) in [6, 6.07) is 24.4. The average Bonchev–Trinajstić information content (AvgIpc) is 3.26. The number of nitrogens with one attached hydrogen (secondary N) is 2. The summed E-state index contributed by atoms with van der Waals surface area (Å²) < 4.78 is 7.86. The number of carbonyl (C=O) groups excluding carboxylic acids is 1. The standard InChI is InChI=1S/C28H27ClN4O2S/c1-19-18-27(33(32-19)25-8-4-2-6-23(25)29)35-26-9-5-3-7-24(26)31-28(34)30-22-12-10-20(11-13-22)21-14-16-36-17-15-21/h2-13,18,21H,14-17H2,1H3,(H2,30,31,34). The topological polar surface area (TPSA) is 68.2 Å². The first-order valence-corrected chi connectivity index (χ1v) is 13.4. The van der Waals surface area contributed by atoms with Gasteiger partial charge in [-0.3, -0.25) is 0 Å². The van der Waals surface area contributed by atoms with Gasteiger partial charge in [0.15, 0.2) is 5.75 Å².